The van der Waals surface area contributed by atoms with Gasteiger partial charge in [-0.15, -0.1) is 0 Å². The van der Waals surface area contributed by atoms with Crippen LogP contribution in [0.2, 0.25) is 0 Å². The zero-order valence-electron chi connectivity index (χ0n) is 10.1. The number of aromatic nitrogens is 1. The zero-order valence-corrected chi connectivity index (χ0v) is 13.3. The third-order valence-electron chi connectivity index (χ3n) is 2.27. The van der Waals surface area contributed by atoms with Gasteiger partial charge in [0.05, 0.1) is 10.7 Å². The molecule has 4 nitrogen and oxygen atoms in total. The van der Waals surface area contributed by atoms with Crippen LogP contribution < -0.4 is 4.74 Å². The first kappa shape index (κ1) is 14.7. The number of benzene rings is 1. The Morgan fingerprint density at radius 1 is 1.25 bits per heavy atom. The smallest absolute Gasteiger partial charge is 0.328 e. The van der Waals surface area contributed by atoms with Gasteiger partial charge in [-0.2, -0.15) is 0 Å². The predicted molar refractivity (Wildman–Crippen MR) is 82.8 cm³/mol. The minimum absolute atomic E-state index is 0.528. The third-order valence-corrected chi connectivity index (χ3v) is 3.39. The first-order valence-corrected chi connectivity index (χ1v) is 7.12. The summed E-state index contributed by atoms with van der Waals surface area (Å²) in [6.07, 6.45) is 5.63. The molecule has 0 atom stereocenters. The third kappa shape index (κ3) is 4.18. The maximum Gasteiger partial charge on any atom is 0.328 e. The van der Waals surface area contributed by atoms with Crippen molar-refractivity contribution in [2.75, 3.05) is 0 Å². The van der Waals surface area contributed by atoms with Gasteiger partial charge in [-0.1, -0.05) is 15.9 Å². The summed E-state index contributed by atoms with van der Waals surface area (Å²) in [5.74, 6) is 0.168. The number of carboxylic acids is 1. The summed E-state index contributed by atoms with van der Waals surface area (Å²) in [6, 6.07) is 7.26. The zero-order chi connectivity index (χ0) is 14.5. The number of pyridine rings is 1. The highest BCUT2D eigenvalue weighted by Gasteiger charge is 2.04. The summed E-state index contributed by atoms with van der Waals surface area (Å²) in [6.45, 7) is 0. The monoisotopic (exact) mass is 397 g/mol. The highest BCUT2D eigenvalue weighted by molar-refractivity contribution is 9.11. The highest BCUT2D eigenvalue weighted by atomic mass is 79.9. The minimum atomic E-state index is -1.01. The van der Waals surface area contributed by atoms with E-state index in [9.17, 15) is 4.79 Å². The predicted octanol–water partition coefficient (Wildman–Crippen LogP) is 4.50. The van der Waals surface area contributed by atoms with Gasteiger partial charge in [0.2, 0.25) is 0 Å². The molecule has 0 fully saturated rings. The number of aliphatic carboxylic acids is 1. The summed E-state index contributed by atoms with van der Waals surface area (Å²) in [5, 5.41) is 8.59. The molecule has 0 radical (unpaired) electrons. The summed E-state index contributed by atoms with van der Waals surface area (Å²) < 4.78 is 7.44. The highest BCUT2D eigenvalue weighted by Crippen LogP contribution is 2.32. The average molecular weight is 399 g/mol. The normalized spacial score (nSPS) is 10.7. The number of ether oxygens (including phenoxy) is 1. The van der Waals surface area contributed by atoms with Crippen molar-refractivity contribution in [2.24, 2.45) is 0 Å². The fourth-order valence-corrected chi connectivity index (χ4v) is 2.56. The first-order chi connectivity index (χ1) is 9.54. The number of nitrogens with zero attached hydrogens (tertiary/aromatic N) is 1. The Kier molecular flexibility index (Phi) is 4.92. The molecular weight excluding hydrogens is 390 g/mol. The van der Waals surface area contributed by atoms with Crippen molar-refractivity contribution in [3.8, 4) is 11.5 Å². The molecule has 0 saturated carbocycles. The maximum atomic E-state index is 10.5. The number of hydrogen-bond acceptors (Lipinski definition) is 3. The van der Waals surface area contributed by atoms with E-state index in [4.69, 9.17) is 9.84 Å². The number of carbonyl (C=O) groups is 1. The quantitative estimate of drug-likeness (QED) is 0.770. The molecule has 0 aliphatic carbocycles. The number of halogens is 2. The Bertz CT molecular complexity index is 671. The van der Waals surface area contributed by atoms with Crippen LogP contribution in [0.25, 0.3) is 6.08 Å². The van der Waals surface area contributed by atoms with Gasteiger partial charge >= 0.3 is 5.97 Å². The number of rotatable bonds is 4. The van der Waals surface area contributed by atoms with Crippen molar-refractivity contribution in [2.45, 2.75) is 0 Å². The summed E-state index contributed by atoms with van der Waals surface area (Å²) in [7, 11) is 0. The molecule has 2 aromatic rings. The van der Waals surface area contributed by atoms with E-state index < -0.39 is 5.97 Å². The Morgan fingerprint density at radius 2 is 2.05 bits per heavy atom. The van der Waals surface area contributed by atoms with Crippen LogP contribution >= 0.6 is 31.9 Å². The van der Waals surface area contributed by atoms with Crippen LogP contribution in [0, 0.1) is 0 Å². The van der Waals surface area contributed by atoms with Gasteiger partial charge in [0, 0.05) is 16.7 Å². The van der Waals surface area contributed by atoms with E-state index >= 15 is 0 Å². The maximum absolute atomic E-state index is 10.5. The Labute approximate surface area is 132 Å². The van der Waals surface area contributed by atoms with Crippen LogP contribution in [0.4, 0.5) is 0 Å². The molecule has 1 aromatic carbocycles. The molecule has 1 aromatic heterocycles. The molecule has 0 spiro atoms. The minimum Gasteiger partial charge on any atom is -0.478 e. The van der Waals surface area contributed by atoms with Crippen molar-refractivity contribution in [1.29, 1.82) is 0 Å². The van der Waals surface area contributed by atoms with Crippen molar-refractivity contribution in [3.63, 3.8) is 0 Å². The van der Waals surface area contributed by atoms with Crippen LogP contribution in [0.1, 0.15) is 5.56 Å². The molecule has 0 aliphatic heterocycles. The lowest BCUT2D eigenvalue weighted by Gasteiger charge is -2.08. The van der Waals surface area contributed by atoms with E-state index in [1.807, 2.05) is 18.2 Å². The van der Waals surface area contributed by atoms with Gasteiger partial charge < -0.3 is 9.84 Å². The summed E-state index contributed by atoms with van der Waals surface area (Å²) in [4.78, 5) is 14.5. The van der Waals surface area contributed by atoms with E-state index in [-0.39, 0.29) is 0 Å². The molecule has 1 heterocycles. The lowest BCUT2D eigenvalue weighted by atomic mass is 10.2. The molecule has 0 aliphatic rings. The Balaban J connectivity index is 2.21. The van der Waals surface area contributed by atoms with E-state index in [0.29, 0.717) is 17.1 Å². The standard InChI is InChI=1S/C14H9Br2NO3/c15-10-2-3-13(12(16)6-10)20-11-5-9(7-17-8-11)1-4-14(18)19/h1-8H,(H,18,19)/b4-1+. The second-order valence-electron chi connectivity index (χ2n) is 3.80. The van der Waals surface area contributed by atoms with Crippen molar-refractivity contribution in [1.82, 2.24) is 4.98 Å². The van der Waals surface area contributed by atoms with Crippen LogP contribution in [-0.4, -0.2) is 16.1 Å². The van der Waals surface area contributed by atoms with Crippen LogP contribution in [0.15, 0.2) is 51.7 Å². The fourth-order valence-electron chi connectivity index (χ4n) is 1.44. The molecule has 0 bridgehead atoms. The van der Waals surface area contributed by atoms with Crippen molar-refractivity contribution < 1.29 is 14.6 Å². The molecule has 20 heavy (non-hydrogen) atoms. The van der Waals surface area contributed by atoms with Gasteiger partial charge in [0.25, 0.3) is 0 Å². The molecule has 0 saturated heterocycles. The molecule has 2 rings (SSSR count). The van der Waals surface area contributed by atoms with Crippen LogP contribution in [0.5, 0.6) is 11.5 Å². The van der Waals surface area contributed by atoms with Gasteiger partial charge in [-0.3, -0.25) is 4.98 Å². The number of hydrogen-bond donors (Lipinski definition) is 1. The molecule has 6 heteroatoms. The Morgan fingerprint density at radius 3 is 2.75 bits per heavy atom. The first-order valence-electron chi connectivity index (χ1n) is 5.53. The topological polar surface area (TPSA) is 59.4 Å². The fraction of sp³-hybridized carbons (Fsp3) is 0. The number of carboxylic acid groups (broad SMARTS) is 1. The molecular formula is C14H9Br2NO3. The van der Waals surface area contributed by atoms with Crippen LogP contribution in [-0.2, 0) is 4.79 Å². The van der Waals surface area contributed by atoms with E-state index in [2.05, 4.69) is 36.8 Å². The molecule has 1 N–H and O–H groups in total. The van der Waals surface area contributed by atoms with Gasteiger partial charge in [0.15, 0.2) is 0 Å². The molecule has 102 valence electrons. The van der Waals surface area contributed by atoms with Crippen molar-refractivity contribution in [3.05, 3.63) is 57.2 Å². The van der Waals surface area contributed by atoms with Gasteiger partial charge in [-0.25, -0.2) is 4.79 Å². The van der Waals surface area contributed by atoms with E-state index in [0.717, 1.165) is 15.0 Å². The van der Waals surface area contributed by atoms with E-state index in [1.54, 1.807) is 18.5 Å². The Hall–Kier alpha value is -1.66. The molecule has 0 amide bonds. The molecule has 0 unspecified atom stereocenters. The summed E-state index contributed by atoms with van der Waals surface area (Å²) in [5.41, 5.74) is 0.651. The van der Waals surface area contributed by atoms with Crippen molar-refractivity contribution >= 4 is 43.9 Å². The van der Waals surface area contributed by atoms with Gasteiger partial charge in [-0.05, 0) is 51.8 Å². The SMILES string of the molecule is O=C(O)/C=C/c1cncc(Oc2ccc(Br)cc2Br)c1. The second-order valence-corrected chi connectivity index (χ2v) is 5.57. The van der Waals surface area contributed by atoms with Crippen LogP contribution in [0.3, 0.4) is 0 Å². The lowest BCUT2D eigenvalue weighted by Crippen LogP contribution is -1.89. The van der Waals surface area contributed by atoms with Gasteiger partial charge in [0.1, 0.15) is 11.5 Å². The summed E-state index contributed by atoms with van der Waals surface area (Å²) >= 11 is 6.77. The second kappa shape index (κ2) is 6.67. The van der Waals surface area contributed by atoms with E-state index in [1.165, 1.54) is 6.08 Å². The largest absolute Gasteiger partial charge is 0.478 e. The lowest BCUT2D eigenvalue weighted by molar-refractivity contribution is -0.131. The average Bonchev–Trinajstić information content (AvgIpc) is 2.40.